The SMILES string of the molecule is CCCCCC(Cl)CCCCCCCC(=O)OC. The monoisotopic (exact) mass is 276 g/mol. The summed E-state index contributed by atoms with van der Waals surface area (Å²) in [5.74, 6) is -0.0910. The molecule has 0 fully saturated rings. The van der Waals surface area contributed by atoms with E-state index in [0.717, 1.165) is 25.7 Å². The third-order valence-electron chi connectivity index (χ3n) is 3.25. The number of carbonyl (C=O) groups excluding carboxylic acids is 1. The quantitative estimate of drug-likeness (QED) is 0.282. The molecule has 0 aliphatic rings. The average Bonchev–Trinajstić information content (AvgIpc) is 2.37. The molecule has 0 aromatic carbocycles. The summed E-state index contributed by atoms with van der Waals surface area (Å²) in [6.45, 7) is 2.22. The van der Waals surface area contributed by atoms with Gasteiger partial charge in [0.05, 0.1) is 7.11 Å². The number of halogens is 1. The van der Waals surface area contributed by atoms with Crippen molar-refractivity contribution in [2.24, 2.45) is 0 Å². The lowest BCUT2D eigenvalue weighted by molar-refractivity contribution is -0.140. The van der Waals surface area contributed by atoms with Gasteiger partial charge in [-0.2, -0.15) is 0 Å². The molecule has 0 aromatic heterocycles. The first-order valence-corrected chi connectivity index (χ1v) is 7.85. The van der Waals surface area contributed by atoms with Gasteiger partial charge in [-0.1, -0.05) is 51.9 Å². The standard InChI is InChI=1S/C15H29ClO2/c1-3-4-8-11-14(16)12-9-6-5-7-10-13-15(17)18-2/h14H,3-13H2,1-2H3. The molecule has 0 amide bonds. The Bertz CT molecular complexity index is 195. The molecule has 0 radical (unpaired) electrons. The van der Waals surface area contributed by atoms with Gasteiger partial charge in [0, 0.05) is 11.8 Å². The van der Waals surface area contributed by atoms with Crippen LogP contribution in [0.5, 0.6) is 0 Å². The molecule has 0 saturated carbocycles. The molecule has 108 valence electrons. The molecule has 0 spiro atoms. The maximum Gasteiger partial charge on any atom is 0.305 e. The molecule has 0 aliphatic heterocycles. The van der Waals surface area contributed by atoms with Crippen LogP contribution in [0.2, 0.25) is 0 Å². The Morgan fingerprint density at radius 2 is 1.56 bits per heavy atom. The molecule has 18 heavy (non-hydrogen) atoms. The van der Waals surface area contributed by atoms with Gasteiger partial charge in [0.25, 0.3) is 0 Å². The van der Waals surface area contributed by atoms with Crippen molar-refractivity contribution in [3.63, 3.8) is 0 Å². The smallest absolute Gasteiger partial charge is 0.305 e. The van der Waals surface area contributed by atoms with E-state index in [9.17, 15) is 4.79 Å². The van der Waals surface area contributed by atoms with Gasteiger partial charge in [-0.25, -0.2) is 0 Å². The zero-order valence-electron chi connectivity index (χ0n) is 12.0. The van der Waals surface area contributed by atoms with E-state index in [1.165, 1.54) is 45.6 Å². The number of carbonyl (C=O) groups is 1. The number of esters is 1. The van der Waals surface area contributed by atoms with Crippen LogP contribution in [0.4, 0.5) is 0 Å². The fourth-order valence-electron chi connectivity index (χ4n) is 2.03. The van der Waals surface area contributed by atoms with Gasteiger partial charge in [-0.15, -0.1) is 11.6 Å². The highest BCUT2D eigenvalue weighted by Crippen LogP contribution is 2.17. The van der Waals surface area contributed by atoms with Crippen molar-refractivity contribution in [3.8, 4) is 0 Å². The molecule has 3 heteroatoms. The predicted molar refractivity (Wildman–Crippen MR) is 78.1 cm³/mol. The second-order valence-electron chi connectivity index (χ2n) is 4.98. The largest absolute Gasteiger partial charge is 0.469 e. The van der Waals surface area contributed by atoms with Crippen LogP contribution in [0.25, 0.3) is 0 Å². The number of ether oxygens (including phenoxy) is 1. The number of methoxy groups -OCH3 is 1. The highest BCUT2D eigenvalue weighted by atomic mass is 35.5. The Morgan fingerprint density at radius 3 is 2.17 bits per heavy atom. The molecule has 0 bridgehead atoms. The van der Waals surface area contributed by atoms with Crippen LogP contribution in [0.1, 0.15) is 77.6 Å². The Morgan fingerprint density at radius 1 is 1.00 bits per heavy atom. The van der Waals surface area contributed by atoms with Crippen molar-refractivity contribution in [2.75, 3.05) is 7.11 Å². The lowest BCUT2D eigenvalue weighted by atomic mass is 10.0. The molecule has 0 saturated heterocycles. The summed E-state index contributed by atoms with van der Waals surface area (Å²) in [4.78, 5) is 10.9. The van der Waals surface area contributed by atoms with E-state index in [1.807, 2.05) is 0 Å². The van der Waals surface area contributed by atoms with E-state index in [2.05, 4.69) is 11.7 Å². The van der Waals surface area contributed by atoms with Crippen molar-refractivity contribution >= 4 is 17.6 Å². The summed E-state index contributed by atoms with van der Waals surface area (Å²) < 4.78 is 4.60. The third-order valence-corrected chi connectivity index (χ3v) is 3.68. The first kappa shape index (κ1) is 17.8. The summed E-state index contributed by atoms with van der Waals surface area (Å²) >= 11 is 6.26. The van der Waals surface area contributed by atoms with Crippen molar-refractivity contribution in [1.29, 1.82) is 0 Å². The minimum Gasteiger partial charge on any atom is -0.469 e. The average molecular weight is 277 g/mol. The van der Waals surface area contributed by atoms with E-state index < -0.39 is 0 Å². The van der Waals surface area contributed by atoms with Crippen molar-refractivity contribution in [3.05, 3.63) is 0 Å². The van der Waals surface area contributed by atoms with Crippen molar-refractivity contribution in [2.45, 2.75) is 82.9 Å². The summed E-state index contributed by atoms with van der Waals surface area (Å²) in [5.41, 5.74) is 0. The Kier molecular flexibility index (Phi) is 13.0. The second-order valence-corrected chi connectivity index (χ2v) is 5.59. The molecular weight excluding hydrogens is 248 g/mol. The van der Waals surface area contributed by atoms with Gasteiger partial charge in [0.1, 0.15) is 0 Å². The Labute approximate surface area is 117 Å². The molecular formula is C15H29ClO2. The summed E-state index contributed by atoms with van der Waals surface area (Å²) in [6.07, 6.45) is 12.4. The van der Waals surface area contributed by atoms with E-state index in [-0.39, 0.29) is 5.97 Å². The van der Waals surface area contributed by atoms with Crippen LogP contribution in [0.15, 0.2) is 0 Å². The molecule has 0 N–H and O–H groups in total. The number of alkyl halides is 1. The van der Waals surface area contributed by atoms with E-state index in [0.29, 0.717) is 11.8 Å². The Balaban J connectivity index is 3.17. The maximum atomic E-state index is 10.9. The zero-order valence-corrected chi connectivity index (χ0v) is 12.8. The zero-order chi connectivity index (χ0) is 13.6. The first-order valence-electron chi connectivity index (χ1n) is 7.41. The van der Waals surface area contributed by atoms with E-state index >= 15 is 0 Å². The molecule has 0 heterocycles. The van der Waals surface area contributed by atoms with Gasteiger partial charge in [0.15, 0.2) is 0 Å². The molecule has 0 rings (SSSR count). The topological polar surface area (TPSA) is 26.3 Å². The lowest BCUT2D eigenvalue weighted by Gasteiger charge is -2.08. The molecule has 2 nitrogen and oxygen atoms in total. The minimum absolute atomic E-state index is 0.0910. The van der Waals surface area contributed by atoms with E-state index in [4.69, 9.17) is 11.6 Å². The third kappa shape index (κ3) is 12.2. The number of unbranched alkanes of at least 4 members (excludes halogenated alkanes) is 6. The fraction of sp³-hybridized carbons (Fsp3) is 0.933. The molecule has 0 aromatic rings. The van der Waals surface area contributed by atoms with Gasteiger partial charge in [0.2, 0.25) is 0 Å². The van der Waals surface area contributed by atoms with Crippen LogP contribution < -0.4 is 0 Å². The normalized spacial score (nSPS) is 12.4. The first-order chi connectivity index (χ1) is 8.70. The molecule has 1 atom stereocenters. The van der Waals surface area contributed by atoms with Crippen LogP contribution in [-0.4, -0.2) is 18.5 Å². The number of hydrogen-bond acceptors (Lipinski definition) is 2. The molecule has 1 unspecified atom stereocenters. The highest BCUT2D eigenvalue weighted by molar-refractivity contribution is 6.20. The van der Waals surface area contributed by atoms with Crippen molar-refractivity contribution in [1.82, 2.24) is 0 Å². The second kappa shape index (κ2) is 13.2. The van der Waals surface area contributed by atoms with Gasteiger partial charge < -0.3 is 4.74 Å². The van der Waals surface area contributed by atoms with Gasteiger partial charge >= 0.3 is 5.97 Å². The van der Waals surface area contributed by atoms with Crippen LogP contribution in [0, 0.1) is 0 Å². The molecule has 0 aliphatic carbocycles. The summed E-state index contributed by atoms with van der Waals surface area (Å²) in [7, 11) is 1.45. The summed E-state index contributed by atoms with van der Waals surface area (Å²) in [5, 5.41) is 0.367. The summed E-state index contributed by atoms with van der Waals surface area (Å²) in [6, 6.07) is 0. The van der Waals surface area contributed by atoms with Gasteiger partial charge in [-0.3, -0.25) is 4.79 Å². The van der Waals surface area contributed by atoms with Crippen LogP contribution in [0.3, 0.4) is 0 Å². The van der Waals surface area contributed by atoms with Crippen LogP contribution in [-0.2, 0) is 9.53 Å². The van der Waals surface area contributed by atoms with E-state index in [1.54, 1.807) is 0 Å². The Hall–Kier alpha value is -0.240. The van der Waals surface area contributed by atoms with Crippen molar-refractivity contribution < 1.29 is 9.53 Å². The number of rotatable bonds is 12. The predicted octanol–water partition coefficient (Wildman–Crippen LogP) is 5.08. The fourth-order valence-corrected chi connectivity index (χ4v) is 2.34. The number of hydrogen-bond donors (Lipinski definition) is 0. The van der Waals surface area contributed by atoms with Crippen LogP contribution >= 0.6 is 11.6 Å². The lowest BCUT2D eigenvalue weighted by Crippen LogP contribution is -2.00. The maximum absolute atomic E-state index is 10.9. The van der Waals surface area contributed by atoms with Gasteiger partial charge in [-0.05, 0) is 19.3 Å². The minimum atomic E-state index is -0.0910. The highest BCUT2D eigenvalue weighted by Gasteiger charge is 2.04.